The van der Waals surface area contributed by atoms with Crippen LogP contribution in [0.1, 0.15) is 25.8 Å². The van der Waals surface area contributed by atoms with Crippen molar-refractivity contribution in [2.75, 3.05) is 6.79 Å². The monoisotopic (exact) mass is 413 g/mol. The van der Waals surface area contributed by atoms with Gasteiger partial charge in [0.1, 0.15) is 5.54 Å². The van der Waals surface area contributed by atoms with Crippen LogP contribution in [0.4, 0.5) is 0 Å². The van der Waals surface area contributed by atoms with Gasteiger partial charge in [0.05, 0.1) is 6.04 Å². The average Bonchev–Trinajstić information content (AvgIpc) is 3.27. The number of hydrogen-bond donors (Lipinski definition) is 4. The van der Waals surface area contributed by atoms with E-state index >= 15 is 0 Å². The van der Waals surface area contributed by atoms with Crippen molar-refractivity contribution in [1.29, 1.82) is 0 Å². The molecule has 2 aromatic carbocycles. The summed E-state index contributed by atoms with van der Waals surface area (Å²) in [5.74, 6) is 0.682. The van der Waals surface area contributed by atoms with Crippen molar-refractivity contribution in [3.05, 3.63) is 48.0 Å². The van der Waals surface area contributed by atoms with Crippen LogP contribution in [0, 0.1) is 11.8 Å². The van der Waals surface area contributed by atoms with Crippen LogP contribution in [0.5, 0.6) is 11.5 Å². The van der Waals surface area contributed by atoms with Crippen LogP contribution in [0.3, 0.4) is 0 Å². The van der Waals surface area contributed by atoms with Crippen molar-refractivity contribution in [3.8, 4) is 22.6 Å². The average molecular weight is 413 g/mol. The highest BCUT2D eigenvalue weighted by atomic mass is 16.7. The summed E-state index contributed by atoms with van der Waals surface area (Å²) in [6, 6.07) is 12.7. The number of carbonyl (C=O) groups is 1. The fourth-order valence-electron chi connectivity index (χ4n) is 4.29. The number of carboxylic acids is 1. The van der Waals surface area contributed by atoms with E-state index in [4.69, 9.17) is 9.47 Å². The van der Waals surface area contributed by atoms with Gasteiger partial charge in [-0.3, -0.25) is 10.1 Å². The third-order valence-electron chi connectivity index (χ3n) is 6.12. The van der Waals surface area contributed by atoms with Crippen molar-refractivity contribution in [2.24, 2.45) is 11.8 Å². The Morgan fingerprint density at radius 3 is 2.37 bits per heavy atom. The summed E-state index contributed by atoms with van der Waals surface area (Å²) in [7, 11) is 0. The van der Waals surface area contributed by atoms with Crippen LogP contribution < -0.4 is 14.8 Å². The summed E-state index contributed by atoms with van der Waals surface area (Å²) >= 11 is 0. The smallest absolute Gasteiger partial charge is 0.324 e. The molecule has 30 heavy (non-hydrogen) atoms. The lowest BCUT2D eigenvalue weighted by atomic mass is 9.98. The molecule has 4 rings (SSSR count). The lowest BCUT2D eigenvalue weighted by Gasteiger charge is -2.26. The second kappa shape index (κ2) is 7.91. The first kappa shape index (κ1) is 20.7. The van der Waals surface area contributed by atoms with Gasteiger partial charge in [-0.15, -0.1) is 0 Å². The van der Waals surface area contributed by atoms with Crippen LogP contribution in [-0.2, 0) is 11.2 Å². The molecule has 2 aliphatic rings. The molecule has 1 aliphatic heterocycles. The molecule has 0 amide bonds. The molecule has 0 aromatic heterocycles. The van der Waals surface area contributed by atoms with E-state index in [1.54, 1.807) is 0 Å². The lowest BCUT2D eigenvalue weighted by Crippen LogP contribution is -2.53. The van der Waals surface area contributed by atoms with Crippen LogP contribution in [0.25, 0.3) is 11.1 Å². The van der Waals surface area contributed by atoms with E-state index in [1.807, 2.05) is 56.3 Å². The van der Waals surface area contributed by atoms with E-state index in [9.17, 15) is 20.1 Å². The second-order valence-electron chi connectivity index (χ2n) is 8.46. The van der Waals surface area contributed by atoms with Gasteiger partial charge in [-0.1, -0.05) is 44.2 Å². The Bertz CT molecular complexity index is 926. The van der Waals surface area contributed by atoms with Gasteiger partial charge in [0.15, 0.2) is 17.8 Å². The van der Waals surface area contributed by atoms with E-state index in [2.05, 4.69) is 5.32 Å². The maximum atomic E-state index is 11.8. The van der Waals surface area contributed by atoms with Gasteiger partial charge in [0.25, 0.3) is 0 Å². The molecule has 2 aromatic rings. The molecule has 0 radical (unpaired) electrons. The molecular weight excluding hydrogens is 386 g/mol. The molecule has 4 N–H and O–H groups in total. The first-order valence-electron chi connectivity index (χ1n) is 10.2. The number of aliphatic hydroxyl groups is 2. The standard InChI is InChI=1S/C23H27NO6/c1-13(2)17-11-23(17,22(27)28)24-18(21(25)26)9-14-3-5-15(6-4-14)16-7-8-19-20(10-16)30-12-29-19/h3-8,10,13,17-18,21,24-26H,9,11-12H2,1-2H3,(H,27,28)/t17?,18-,23?/m0/s1. The molecule has 1 saturated carbocycles. The maximum Gasteiger partial charge on any atom is 0.324 e. The highest BCUT2D eigenvalue weighted by molar-refractivity contribution is 5.83. The minimum atomic E-state index is -1.66. The molecule has 3 atom stereocenters. The van der Waals surface area contributed by atoms with E-state index in [0.29, 0.717) is 18.6 Å². The zero-order valence-electron chi connectivity index (χ0n) is 17.0. The molecule has 1 heterocycles. The van der Waals surface area contributed by atoms with Gasteiger partial charge in [0.2, 0.25) is 6.79 Å². The first-order chi connectivity index (χ1) is 14.3. The number of aliphatic hydroxyl groups excluding tert-OH is 1. The van der Waals surface area contributed by atoms with Gasteiger partial charge in [-0.2, -0.15) is 0 Å². The minimum Gasteiger partial charge on any atom is -0.480 e. The highest BCUT2D eigenvalue weighted by Crippen LogP contribution is 2.49. The Morgan fingerprint density at radius 1 is 1.10 bits per heavy atom. The Labute approximate surface area is 175 Å². The zero-order chi connectivity index (χ0) is 21.5. The number of rotatable bonds is 8. The molecule has 7 nitrogen and oxygen atoms in total. The normalized spacial score (nSPS) is 23.1. The zero-order valence-corrected chi connectivity index (χ0v) is 17.0. The number of benzene rings is 2. The SMILES string of the molecule is CC(C)C1CC1(N[C@@H](Cc1ccc(-c2ccc3c(c2)OCO3)cc1)C(O)O)C(=O)O. The van der Waals surface area contributed by atoms with Crippen molar-refractivity contribution < 1.29 is 29.6 Å². The molecule has 0 bridgehead atoms. The first-order valence-corrected chi connectivity index (χ1v) is 10.2. The van der Waals surface area contributed by atoms with Gasteiger partial charge >= 0.3 is 5.97 Å². The van der Waals surface area contributed by atoms with E-state index in [0.717, 1.165) is 22.4 Å². The molecule has 0 saturated heterocycles. The Morgan fingerprint density at radius 2 is 1.77 bits per heavy atom. The van der Waals surface area contributed by atoms with Crippen molar-refractivity contribution in [2.45, 2.75) is 44.6 Å². The molecule has 1 aliphatic carbocycles. The third-order valence-corrected chi connectivity index (χ3v) is 6.12. The summed E-state index contributed by atoms with van der Waals surface area (Å²) in [6.07, 6.45) is -0.867. The Balaban J connectivity index is 1.47. The summed E-state index contributed by atoms with van der Waals surface area (Å²) in [5.41, 5.74) is 1.78. The van der Waals surface area contributed by atoms with Crippen LogP contribution in [0.15, 0.2) is 42.5 Å². The van der Waals surface area contributed by atoms with Gasteiger partial charge in [-0.05, 0) is 53.5 Å². The van der Waals surface area contributed by atoms with E-state index < -0.39 is 23.8 Å². The fraction of sp³-hybridized carbons (Fsp3) is 0.435. The predicted molar refractivity (Wildman–Crippen MR) is 110 cm³/mol. The Kier molecular flexibility index (Phi) is 5.44. The largest absolute Gasteiger partial charge is 0.480 e. The summed E-state index contributed by atoms with van der Waals surface area (Å²) in [6.45, 7) is 4.19. The number of nitrogens with one attached hydrogen (secondary N) is 1. The number of carboxylic acid groups (broad SMARTS) is 1. The molecule has 7 heteroatoms. The summed E-state index contributed by atoms with van der Waals surface area (Å²) in [5, 5.41) is 32.5. The molecule has 2 unspecified atom stereocenters. The predicted octanol–water partition coefficient (Wildman–Crippen LogP) is 2.39. The molecule has 1 fully saturated rings. The quantitative estimate of drug-likeness (QED) is 0.492. The van der Waals surface area contributed by atoms with Crippen molar-refractivity contribution in [1.82, 2.24) is 5.32 Å². The summed E-state index contributed by atoms with van der Waals surface area (Å²) in [4.78, 5) is 11.8. The van der Waals surface area contributed by atoms with E-state index in [-0.39, 0.29) is 18.6 Å². The van der Waals surface area contributed by atoms with Crippen molar-refractivity contribution in [3.63, 3.8) is 0 Å². The topological polar surface area (TPSA) is 108 Å². The fourth-order valence-corrected chi connectivity index (χ4v) is 4.29. The number of hydrogen-bond acceptors (Lipinski definition) is 6. The number of aliphatic carboxylic acids is 1. The second-order valence-corrected chi connectivity index (χ2v) is 8.46. The number of fused-ring (bicyclic) bond motifs is 1. The number of ether oxygens (including phenoxy) is 2. The maximum absolute atomic E-state index is 11.8. The minimum absolute atomic E-state index is 0.0235. The molecular formula is C23H27NO6. The van der Waals surface area contributed by atoms with E-state index in [1.165, 1.54) is 0 Å². The Hall–Kier alpha value is -2.61. The van der Waals surface area contributed by atoms with Crippen LogP contribution in [0.2, 0.25) is 0 Å². The van der Waals surface area contributed by atoms with Gasteiger partial charge in [-0.25, -0.2) is 0 Å². The van der Waals surface area contributed by atoms with Gasteiger partial charge < -0.3 is 24.8 Å². The third kappa shape index (κ3) is 3.88. The highest BCUT2D eigenvalue weighted by Gasteiger charge is 2.62. The van der Waals surface area contributed by atoms with Crippen LogP contribution in [-0.4, -0.2) is 46.0 Å². The van der Waals surface area contributed by atoms with Crippen LogP contribution >= 0.6 is 0 Å². The summed E-state index contributed by atoms with van der Waals surface area (Å²) < 4.78 is 10.8. The molecule has 160 valence electrons. The molecule has 0 spiro atoms. The van der Waals surface area contributed by atoms with Crippen molar-refractivity contribution >= 4 is 5.97 Å². The van der Waals surface area contributed by atoms with Gasteiger partial charge in [0, 0.05) is 0 Å². The lowest BCUT2D eigenvalue weighted by molar-refractivity contribution is -0.143.